The maximum absolute atomic E-state index is 12.1. The van der Waals surface area contributed by atoms with Crippen molar-refractivity contribution >= 4 is 33.7 Å². The molecule has 1 heterocycles. The molecule has 0 bridgehead atoms. The molecule has 0 aliphatic heterocycles. The van der Waals surface area contributed by atoms with Gasteiger partial charge in [0.15, 0.2) is 0 Å². The maximum atomic E-state index is 12.1. The van der Waals surface area contributed by atoms with E-state index < -0.39 is 10.8 Å². The molecule has 2 rings (SSSR count). The Hall–Kier alpha value is -1.53. The van der Waals surface area contributed by atoms with E-state index >= 15 is 0 Å². The lowest BCUT2D eigenvalue weighted by atomic mass is 10.2. The Morgan fingerprint density at radius 1 is 1.32 bits per heavy atom. The first-order valence-electron chi connectivity index (χ1n) is 7.10. The fraction of sp³-hybridized carbons (Fsp3) is 0.375. The van der Waals surface area contributed by atoms with Crippen molar-refractivity contribution in [3.63, 3.8) is 0 Å². The largest absolute Gasteiger partial charge is 0.325 e. The highest BCUT2D eigenvalue weighted by atomic mass is 32.2. The average molecular weight is 336 g/mol. The van der Waals surface area contributed by atoms with Crippen LogP contribution in [0.1, 0.15) is 36.0 Å². The molecule has 0 aliphatic carbocycles. The second kappa shape index (κ2) is 7.65. The first-order chi connectivity index (χ1) is 10.4. The Morgan fingerprint density at radius 3 is 2.59 bits per heavy atom. The molecule has 1 aromatic carbocycles. The number of hydrogen-bond acceptors (Lipinski definition) is 4. The van der Waals surface area contributed by atoms with Gasteiger partial charge in [0.2, 0.25) is 5.91 Å². The van der Waals surface area contributed by atoms with E-state index in [0.29, 0.717) is 11.7 Å². The number of benzene rings is 1. The standard InChI is InChI=1S/C16H20N2O2S2/c1-11(2)16-18-14(8-21-16)9-22(20)10-15(19)17-13-6-4-12(3)5-7-13/h4-8,11H,9-10H2,1-3H3,(H,17,19)/t22-/m0/s1. The molecule has 22 heavy (non-hydrogen) atoms. The van der Waals surface area contributed by atoms with Crippen LogP contribution >= 0.6 is 11.3 Å². The summed E-state index contributed by atoms with van der Waals surface area (Å²) in [5.41, 5.74) is 2.66. The van der Waals surface area contributed by atoms with Crippen molar-refractivity contribution in [2.45, 2.75) is 32.4 Å². The number of anilines is 1. The van der Waals surface area contributed by atoms with E-state index in [1.807, 2.05) is 36.6 Å². The number of amides is 1. The molecule has 1 aromatic heterocycles. The van der Waals surface area contributed by atoms with Crippen LogP contribution in [0.3, 0.4) is 0 Å². The van der Waals surface area contributed by atoms with Gasteiger partial charge < -0.3 is 5.32 Å². The van der Waals surface area contributed by atoms with E-state index in [9.17, 15) is 9.00 Å². The quantitative estimate of drug-likeness (QED) is 0.879. The van der Waals surface area contributed by atoms with Crippen molar-refractivity contribution in [2.24, 2.45) is 0 Å². The lowest BCUT2D eigenvalue weighted by molar-refractivity contribution is -0.113. The Kier molecular flexibility index (Phi) is 5.85. The molecule has 0 spiro atoms. The zero-order valence-electron chi connectivity index (χ0n) is 13.0. The smallest absolute Gasteiger partial charge is 0.237 e. The number of hydrogen-bond donors (Lipinski definition) is 1. The number of thiazole rings is 1. The van der Waals surface area contributed by atoms with Crippen LogP contribution in [0, 0.1) is 6.92 Å². The number of nitrogens with zero attached hydrogens (tertiary/aromatic N) is 1. The van der Waals surface area contributed by atoms with Crippen LogP contribution in [0.5, 0.6) is 0 Å². The van der Waals surface area contributed by atoms with Crippen molar-refractivity contribution < 1.29 is 9.00 Å². The molecule has 2 aromatic rings. The highest BCUT2D eigenvalue weighted by Crippen LogP contribution is 2.20. The van der Waals surface area contributed by atoms with Crippen LogP contribution in [0.15, 0.2) is 29.6 Å². The van der Waals surface area contributed by atoms with Gasteiger partial charge in [0.1, 0.15) is 5.75 Å². The first-order valence-corrected chi connectivity index (χ1v) is 9.46. The molecule has 0 fully saturated rings. The summed E-state index contributed by atoms with van der Waals surface area (Å²) in [7, 11) is -1.25. The van der Waals surface area contributed by atoms with E-state index in [1.165, 1.54) is 0 Å². The van der Waals surface area contributed by atoms with E-state index in [0.717, 1.165) is 22.0 Å². The van der Waals surface area contributed by atoms with Gasteiger partial charge in [0, 0.05) is 27.8 Å². The summed E-state index contributed by atoms with van der Waals surface area (Å²) in [5, 5.41) is 5.72. The minimum atomic E-state index is -1.25. The Labute approximate surface area is 137 Å². The number of nitrogens with one attached hydrogen (secondary N) is 1. The predicted octanol–water partition coefficient (Wildman–Crippen LogP) is 3.46. The van der Waals surface area contributed by atoms with Crippen LogP contribution in [0.25, 0.3) is 0 Å². The maximum Gasteiger partial charge on any atom is 0.237 e. The third kappa shape index (κ3) is 5.03. The number of aryl methyl sites for hydroxylation is 1. The van der Waals surface area contributed by atoms with Crippen LogP contribution in [0.4, 0.5) is 5.69 Å². The Bertz CT molecular complexity index is 663. The molecule has 0 aliphatic rings. The zero-order chi connectivity index (χ0) is 16.1. The molecule has 1 amide bonds. The van der Waals surface area contributed by atoms with Gasteiger partial charge >= 0.3 is 0 Å². The molecule has 0 unspecified atom stereocenters. The number of carbonyl (C=O) groups is 1. The summed E-state index contributed by atoms with van der Waals surface area (Å²) >= 11 is 1.58. The summed E-state index contributed by atoms with van der Waals surface area (Å²) < 4.78 is 12.1. The molecular formula is C16H20N2O2S2. The van der Waals surface area contributed by atoms with E-state index in [4.69, 9.17) is 0 Å². The zero-order valence-corrected chi connectivity index (χ0v) is 14.6. The third-order valence-electron chi connectivity index (χ3n) is 3.00. The first kappa shape index (κ1) is 16.8. The number of aromatic nitrogens is 1. The number of rotatable bonds is 6. The molecule has 0 saturated carbocycles. The molecule has 0 saturated heterocycles. The lowest BCUT2D eigenvalue weighted by Gasteiger charge is -2.05. The van der Waals surface area contributed by atoms with E-state index in [-0.39, 0.29) is 11.7 Å². The van der Waals surface area contributed by atoms with Gasteiger partial charge in [0.25, 0.3) is 0 Å². The van der Waals surface area contributed by atoms with Crippen LogP contribution in [0.2, 0.25) is 0 Å². The monoisotopic (exact) mass is 336 g/mol. The van der Waals surface area contributed by atoms with Crippen LogP contribution < -0.4 is 5.32 Å². The minimum Gasteiger partial charge on any atom is -0.325 e. The van der Waals surface area contributed by atoms with Crippen LogP contribution in [-0.4, -0.2) is 20.9 Å². The Morgan fingerprint density at radius 2 is 2.00 bits per heavy atom. The van der Waals surface area contributed by atoms with Crippen molar-refractivity contribution in [2.75, 3.05) is 11.1 Å². The van der Waals surface area contributed by atoms with Gasteiger partial charge in [-0.05, 0) is 19.1 Å². The fourth-order valence-corrected chi connectivity index (χ4v) is 3.74. The lowest BCUT2D eigenvalue weighted by Crippen LogP contribution is -2.20. The summed E-state index contributed by atoms with van der Waals surface area (Å²) in [6.07, 6.45) is 0. The summed E-state index contributed by atoms with van der Waals surface area (Å²) in [5.74, 6) is 0.450. The number of carbonyl (C=O) groups excluding carboxylic acids is 1. The highest BCUT2D eigenvalue weighted by Gasteiger charge is 2.12. The SMILES string of the molecule is Cc1ccc(NC(=O)C[S@@](=O)Cc2csc(C(C)C)n2)cc1. The average Bonchev–Trinajstić information content (AvgIpc) is 2.89. The van der Waals surface area contributed by atoms with E-state index in [2.05, 4.69) is 24.1 Å². The van der Waals surface area contributed by atoms with E-state index in [1.54, 1.807) is 11.3 Å². The van der Waals surface area contributed by atoms with Crippen molar-refractivity contribution in [1.82, 2.24) is 4.98 Å². The minimum absolute atomic E-state index is 0.0115. The van der Waals surface area contributed by atoms with Crippen molar-refractivity contribution in [3.05, 3.63) is 45.9 Å². The highest BCUT2D eigenvalue weighted by molar-refractivity contribution is 7.84. The molecular weight excluding hydrogens is 316 g/mol. The summed E-state index contributed by atoms with van der Waals surface area (Å²) in [6, 6.07) is 7.53. The van der Waals surface area contributed by atoms with Crippen molar-refractivity contribution in [1.29, 1.82) is 0 Å². The van der Waals surface area contributed by atoms with Gasteiger partial charge in [-0.1, -0.05) is 31.5 Å². The van der Waals surface area contributed by atoms with Gasteiger partial charge in [-0.25, -0.2) is 4.98 Å². The van der Waals surface area contributed by atoms with Gasteiger partial charge in [-0.2, -0.15) is 0 Å². The second-order valence-corrected chi connectivity index (χ2v) is 7.82. The molecule has 118 valence electrons. The molecule has 6 heteroatoms. The van der Waals surface area contributed by atoms with Crippen molar-refractivity contribution in [3.8, 4) is 0 Å². The van der Waals surface area contributed by atoms with Gasteiger partial charge in [0.05, 0.1) is 16.5 Å². The normalized spacial score (nSPS) is 12.4. The molecule has 0 radical (unpaired) electrons. The van der Waals surface area contributed by atoms with Crippen LogP contribution in [-0.2, 0) is 21.3 Å². The fourth-order valence-electron chi connectivity index (χ4n) is 1.85. The van der Waals surface area contributed by atoms with Gasteiger partial charge in [-0.3, -0.25) is 9.00 Å². The molecule has 4 nitrogen and oxygen atoms in total. The topological polar surface area (TPSA) is 59.1 Å². The molecule has 1 N–H and O–H groups in total. The Balaban J connectivity index is 1.85. The second-order valence-electron chi connectivity index (χ2n) is 5.47. The van der Waals surface area contributed by atoms with Gasteiger partial charge in [-0.15, -0.1) is 11.3 Å². The predicted molar refractivity (Wildman–Crippen MR) is 92.7 cm³/mol. The summed E-state index contributed by atoms with van der Waals surface area (Å²) in [6.45, 7) is 6.14. The third-order valence-corrected chi connectivity index (χ3v) is 5.40. The summed E-state index contributed by atoms with van der Waals surface area (Å²) in [4.78, 5) is 16.3. The molecule has 1 atom stereocenters.